The summed E-state index contributed by atoms with van der Waals surface area (Å²) in [5, 5.41) is 2.47. The Kier molecular flexibility index (Phi) is 4.57. The highest BCUT2D eigenvalue weighted by Gasteiger charge is 2.12. The zero-order valence-electron chi connectivity index (χ0n) is 11.2. The van der Waals surface area contributed by atoms with E-state index >= 15 is 0 Å². The van der Waals surface area contributed by atoms with E-state index in [0.717, 1.165) is 0 Å². The normalized spacial score (nSPS) is 11.9. The third-order valence-electron chi connectivity index (χ3n) is 2.71. The summed E-state index contributed by atoms with van der Waals surface area (Å²) in [5.74, 6) is 1.37. The van der Waals surface area contributed by atoms with Gasteiger partial charge in [0, 0.05) is 11.9 Å². The number of hydrogen-bond acceptors (Lipinski definition) is 4. The SMILES string of the molecule is CNC(=O)c1ccc(C[S@](=O)c2ccc(OC)cc2)o1. The molecule has 0 aliphatic rings. The number of rotatable bonds is 5. The number of carbonyl (C=O) groups excluding carboxylic acids is 1. The standard InChI is InChI=1S/C14H15NO4S/c1-15-14(16)13-8-5-11(19-13)9-20(17)12-6-3-10(18-2)4-7-12/h3-8H,9H2,1-2H3,(H,15,16)/t20-/m0/s1. The van der Waals surface area contributed by atoms with Gasteiger partial charge in [-0.1, -0.05) is 0 Å². The molecule has 1 aromatic heterocycles. The minimum Gasteiger partial charge on any atom is -0.497 e. The molecule has 2 aromatic rings. The van der Waals surface area contributed by atoms with Gasteiger partial charge in [-0.15, -0.1) is 0 Å². The van der Waals surface area contributed by atoms with E-state index in [0.29, 0.717) is 16.4 Å². The van der Waals surface area contributed by atoms with E-state index < -0.39 is 10.8 Å². The topological polar surface area (TPSA) is 68.5 Å². The predicted molar refractivity (Wildman–Crippen MR) is 75.2 cm³/mol. The van der Waals surface area contributed by atoms with E-state index in [-0.39, 0.29) is 17.4 Å². The van der Waals surface area contributed by atoms with Crippen LogP contribution in [0.2, 0.25) is 0 Å². The fourth-order valence-electron chi connectivity index (χ4n) is 1.64. The lowest BCUT2D eigenvalue weighted by Gasteiger charge is -2.02. The number of benzene rings is 1. The number of furan rings is 1. The van der Waals surface area contributed by atoms with E-state index in [4.69, 9.17) is 9.15 Å². The van der Waals surface area contributed by atoms with Gasteiger partial charge in [0.15, 0.2) is 5.76 Å². The van der Waals surface area contributed by atoms with Crippen LogP contribution in [0.5, 0.6) is 5.75 Å². The number of amides is 1. The maximum absolute atomic E-state index is 12.2. The van der Waals surface area contributed by atoms with Crippen molar-refractivity contribution in [3.63, 3.8) is 0 Å². The zero-order chi connectivity index (χ0) is 14.5. The highest BCUT2D eigenvalue weighted by Crippen LogP contribution is 2.18. The number of nitrogens with one attached hydrogen (secondary N) is 1. The van der Waals surface area contributed by atoms with E-state index in [2.05, 4.69) is 5.32 Å². The zero-order valence-corrected chi connectivity index (χ0v) is 12.0. The molecule has 0 aliphatic heterocycles. The molecule has 5 nitrogen and oxygen atoms in total. The van der Waals surface area contributed by atoms with Crippen molar-refractivity contribution in [1.82, 2.24) is 5.32 Å². The Labute approximate surface area is 119 Å². The summed E-state index contributed by atoms with van der Waals surface area (Å²) >= 11 is 0. The van der Waals surface area contributed by atoms with Gasteiger partial charge in [0.2, 0.25) is 0 Å². The lowest BCUT2D eigenvalue weighted by Crippen LogP contribution is -2.16. The average Bonchev–Trinajstić information content (AvgIpc) is 2.95. The number of carbonyl (C=O) groups is 1. The van der Waals surface area contributed by atoms with Gasteiger partial charge in [-0.2, -0.15) is 0 Å². The molecule has 2 rings (SSSR count). The fraction of sp³-hybridized carbons (Fsp3) is 0.214. The van der Waals surface area contributed by atoms with Crippen molar-refractivity contribution in [2.24, 2.45) is 0 Å². The summed E-state index contributed by atoms with van der Waals surface area (Å²) in [4.78, 5) is 12.0. The van der Waals surface area contributed by atoms with E-state index in [1.807, 2.05) is 0 Å². The van der Waals surface area contributed by atoms with Crippen LogP contribution in [0.15, 0.2) is 45.7 Å². The van der Waals surface area contributed by atoms with Crippen LogP contribution in [0, 0.1) is 0 Å². The van der Waals surface area contributed by atoms with Gasteiger partial charge >= 0.3 is 0 Å². The molecule has 1 amide bonds. The Morgan fingerprint density at radius 1 is 1.25 bits per heavy atom. The molecule has 106 valence electrons. The minimum atomic E-state index is -1.23. The molecule has 1 N–H and O–H groups in total. The van der Waals surface area contributed by atoms with Gasteiger partial charge in [0.25, 0.3) is 5.91 Å². The van der Waals surface area contributed by atoms with Crippen molar-refractivity contribution in [3.8, 4) is 5.75 Å². The Morgan fingerprint density at radius 2 is 1.95 bits per heavy atom. The molecular weight excluding hydrogens is 278 g/mol. The first-order valence-corrected chi connectivity index (χ1v) is 7.29. The highest BCUT2D eigenvalue weighted by atomic mass is 32.2. The summed E-state index contributed by atoms with van der Waals surface area (Å²) in [5.41, 5.74) is 0. The predicted octanol–water partition coefficient (Wildman–Crippen LogP) is 1.96. The van der Waals surface area contributed by atoms with Crippen LogP contribution < -0.4 is 10.1 Å². The molecule has 1 atom stereocenters. The van der Waals surface area contributed by atoms with Gasteiger partial charge in [-0.25, -0.2) is 0 Å². The van der Waals surface area contributed by atoms with Crippen LogP contribution in [0.1, 0.15) is 16.3 Å². The fourth-order valence-corrected chi connectivity index (χ4v) is 2.66. The Morgan fingerprint density at radius 3 is 2.55 bits per heavy atom. The van der Waals surface area contributed by atoms with Crippen molar-refractivity contribution >= 4 is 16.7 Å². The van der Waals surface area contributed by atoms with Gasteiger partial charge < -0.3 is 14.5 Å². The second-order valence-electron chi connectivity index (χ2n) is 4.01. The largest absolute Gasteiger partial charge is 0.497 e. The third kappa shape index (κ3) is 3.27. The lowest BCUT2D eigenvalue weighted by atomic mass is 10.3. The summed E-state index contributed by atoms with van der Waals surface area (Å²) in [6, 6.07) is 10.2. The summed E-state index contributed by atoms with van der Waals surface area (Å²) in [7, 11) is 1.88. The second kappa shape index (κ2) is 6.38. The van der Waals surface area contributed by atoms with Gasteiger partial charge in [-0.05, 0) is 36.4 Å². The molecule has 0 spiro atoms. The van der Waals surface area contributed by atoms with E-state index in [1.54, 1.807) is 43.5 Å². The molecule has 0 saturated heterocycles. The maximum Gasteiger partial charge on any atom is 0.286 e. The summed E-state index contributed by atoms with van der Waals surface area (Å²) in [6.07, 6.45) is 0. The first kappa shape index (κ1) is 14.3. The third-order valence-corrected chi connectivity index (χ3v) is 4.05. The lowest BCUT2D eigenvalue weighted by molar-refractivity contribution is 0.0934. The Bertz CT molecular complexity index is 618. The minimum absolute atomic E-state index is 0.217. The molecule has 6 heteroatoms. The van der Waals surface area contributed by atoms with E-state index in [9.17, 15) is 9.00 Å². The molecule has 0 saturated carbocycles. The van der Waals surface area contributed by atoms with Crippen LogP contribution in [0.25, 0.3) is 0 Å². The highest BCUT2D eigenvalue weighted by molar-refractivity contribution is 7.84. The van der Waals surface area contributed by atoms with E-state index in [1.165, 1.54) is 7.05 Å². The van der Waals surface area contributed by atoms with Crippen LogP contribution in [0.3, 0.4) is 0 Å². The van der Waals surface area contributed by atoms with Crippen LogP contribution >= 0.6 is 0 Å². The quantitative estimate of drug-likeness (QED) is 0.915. The van der Waals surface area contributed by atoms with Gasteiger partial charge in [0.1, 0.15) is 11.5 Å². The van der Waals surface area contributed by atoms with Crippen molar-refractivity contribution in [3.05, 3.63) is 47.9 Å². The van der Waals surface area contributed by atoms with Crippen LogP contribution in [0.4, 0.5) is 0 Å². The van der Waals surface area contributed by atoms with Gasteiger partial charge in [0.05, 0.1) is 23.7 Å². The Balaban J connectivity index is 2.07. The first-order valence-electron chi connectivity index (χ1n) is 5.97. The van der Waals surface area contributed by atoms with Crippen molar-refractivity contribution in [1.29, 1.82) is 0 Å². The molecular formula is C14H15NO4S. The Hall–Kier alpha value is -2.08. The maximum atomic E-state index is 12.2. The average molecular weight is 293 g/mol. The molecule has 1 heterocycles. The molecule has 20 heavy (non-hydrogen) atoms. The second-order valence-corrected chi connectivity index (χ2v) is 5.46. The molecule has 0 radical (unpaired) electrons. The number of hydrogen-bond donors (Lipinski definition) is 1. The number of methoxy groups -OCH3 is 1. The van der Waals surface area contributed by atoms with Crippen molar-refractivity contribution < 1.29 is 18.2 Å². The summed E-state index contributed by atoms with van der Waals surface area (Å²) < 4.78 is 22.6. The monoisotopic (exact) mass is 293 g/mol. The molecule has 0 fully saturated rings. The molecule has 0 unspecified atom stereocenters. The molecule has 1 aromatic carbocycles. The van der Waals surface area contributed by atoms with Crippen molar-refractivity contribution in [2.75, 3.05) is 14.2 Å². The first-order chi connectivity index (χ1) is 9.63. The van der Waals surface area contributed by atoms with Crippen LogP contribution in [-0.2, 0) is 16.6 Å². The summed E-state index contributed by atoms with van der Waals surface area (Å²) in [6.45, 7) is 0. The molecule has 0 aliphatic carbocycles. The smallest absolute Gasteiger partial charge is 0.286 e. The van der Waals surface area contributed by atoms with Gasteiger partial charge in [-0.3, -0.25) is 9.00 Å². The molecule has 0 bridgehead atoms. The number of ether oxygens (including phenoxy) is 1. The van der Waals surface area contributed by atoms with Crippen molar-refractivity contribution in [2.45, 2.75) is 10.6 Å². The van der Waals surface area contributed by atoms with Crippen LogP contribution in [-0.4, -0.2) is 24.3 Å².